The summed E-state index contributed by atoms with van der Waals surface area (Å²) in [6.07, 6.45) is -1.06. The summed E-state index contributed by atoms with van der Waals surface area (Å²) < 4.78 is 37.9. The molecule has 0 saturated carbocycles. The van der Waals surface area contributed by atoms with Gasteiger partial charge in [-0.2, -0.15) is 18.3 Å². The van der Waals surface area contributed by atoms with Gasteiger partial charge < -0.3 is 10.2 Å². The zero-order valence-corrected chi connectivity index (χ0v) is 12.8. The highest BCUT2D eigenvalue weighted by Crippen LogP contribution is 2.34. The van der Waals surface area contributed by atoms with Crippen LogP contribution in [0, 0.1) is 0 Å². The first-order chi connectivity index (χ1) is 10.9. The van der Waals surface area contributed by atoms with Crippen LogP contribution in [0.3, 0.4) is 0 Å². The van der Waals surface area contributed by atoms with E-state index in [0.29, 0.717) is 25.5 Å². The van der Waals surface area contributed by atoms with E-state index < -0.39 is 11.7 Å². The highest BCUT2D eigenvalue weighted by molar-refractivity contribution is 6.33. The first kappa shape index (κ1) is 16.1. The van der Waals surface area contributed by atoms with E-state index in [4.69, 9.17) is 11.6 Å². The first-order valence-electron chi connectivity index (χ1n) is 7.13. The number of aromatic nitrogens is 3. The third-order valence-corrected chi connectivity index (χ3v) is 4.05. The van der Waals surface area contributed by atoms with Gasteiger partial charge in [0.1, 0.15) is 5.82 Å². The van der Waals surface area contributed by atoms with E-state index in [0.717, 1.165) is 24.4 Å². The number of H-pyrrole nitrogens is 1. The van der Waals surface area contributed by atoms with Crippen molar-refractivity contribution in [2.75, 3.05) is 18.0 Å². The minimum atomic E-state index is -4.44. The number of rotatable bonds is 4. The molecule has 1 aliphatic heterocycles. The molecule has 0 aliphatic carbocycles. The van der Waals surface area contributed by atoms with Crippen LogP contribution >= 0.6 is 11.6 Å². The van der Waals surface area contributed by atoms with Gasteiger partial charge in [0.25, 0.3) is 0 Å². The number of pyridine rings is 1. The van der Waals surface area contributed by atoms with Crippen molar-refractivity contribution in [1.82, 2.24) is 20.5 Å². The van der Waals surface area contributed by atoms with Gasteiger partial charge in [-0.05, 0) is 18.6 Å². The van der Waals surface area contributed by atoms with Crippen LogP contribution in [-0.2, 0) is 12.7 Å². The Balaban J connectivity index is 1.62. The molecule has 9 heteroatoms. The maximum Gasteiger partial charge on any atom is 0.417 e. The Hall–Kier alpha value is -1.80. The second kappa shape index (κ2) is 6.37. The molecule has 0 amide bonds. The van der Waals surface area contributed by atoms with Crippen molar-refractivity contribution in [2.45, 2.75) is 25.2 Å². The van der Waals surface area contributed by atoms with Gasteiger partial charge in [0.2, 0.25) is 0 Å². The molecule has 0 spiro atoms. The minimum Gasteiger partial charge on any atom is -0.354 e. The second-order valence-corrected chi connectivity index (χ2v) is 5.83. The Bertz CT molecular complexity index is 659. The van der Waals surface area contributed by atoms with Crippen molar-refractivity contribution in [3.63, 3.8) is 0 Å². The van der Waals surface area contributed by atoms with Crippen molar-refractivity contribution < 1.29 is 13.2 Å². The Morgan fingerprint density at radius 1 is 1.43 bits per heavy atom. The molecule has 1 aliphatic rings. The average Bonchev–Trinajstić information content (AvgIpc) is 3.15. The summed E-state index contributed by atoms with van der Waals surface area (Å²) in [6, 6.07) is 3.03. The second-order valence-electron chi connectivity index (χ2n) is 5.42. The molecular weight excluding hydrogens is 331 g/mol. The summed E-state index contributed by atoms with van der Waals surface area (Å²) in [7, 11) is 0. The van der Waals surface area contributed by atoms with E-state index in [1.165, 1.54) is 0 Å². The summed E-state index contributed by atoms with van der Waals surface area (Å²) >= 11 is 5.98. The molecule has 124 valence electrons. The molecule has 1 fully saturated rings. The SMILES string of the molecule is FC(F)(F)c1cnc(N2CC[C@H](NCc3ccn[nH]3)C2)c(Cl)c1. The molecule has 0 aromatic carbocycles. The standard InChI is InChI=1S/C14H15ClF3N5/c15-12-5-9(14(16,17)18)6-20-13(12)23-4-2-11(8-23)19-7-10-1-3-21-22-10/h1,3,5-6,11,19H,2,4,7-8H2,(H,21,22)/t11-/m0/s1. The Labute approximate surface area is 135 Å². The topological polar surface area (TPSA) is 56.8 Å². The number of alkyl halides is 3. The molecule has 0 radical (unpaired) electrons. The minimum absolute atomic E-state index is 0.0223. The third kappa shape index (κ3) is 3.76. The average molecular weight is 346 g/mol. The highest BCUT2D eigenvalue weighted by atomic mass is 35.5. The van der Waals surface area contributed by atoms with E-state index in [1.54, 1.807) is 6.20 Å². The molecule has 5 nitrogen and oxygen atoms in total. The van der Waals surface area contributed by atoms with E-state index in [-0.39, 0.29) is 11.1 Å². The summed E-state index contributed by atoms with van der Waals surface area (Å²) in [5, 5.41) is 10.1. The molecule has 3 rings (SSSR count). The van der Waals surface area contributed by atoms with Crippen LogP contribution in [0.25, 0.3) is 0 Å². The van der Waals surface area contributed by atoms with Crippen LogP contribution in [0.1, 0.15) is 17.7 Å². The highest BCUT2D eigenvalue weighted by Gasteiger charge is 2.32. The Morgan fingerprint density at radius 3 is 2.91 bits per heavy atom. The van der Waals surface area contributed by atoms with Gasteiger partial charge in [-0.3, -0.25) is 5.10 Å². The molecule has 0 unspecified atom stereocenters. The van der Waals surface area contributed by atoms with Gasteiger partial charge in [0.05, 0.1) is 10.6 Å². The summed E-state index contributed by atoms with van der Waals surface area (Å²) in [5.41, 5.74) is 0.147. The van der Waals surface area contributed by atoms with E-state index in [9.17, 15) is 13.2 Å². The van der Waals surface area contributed by atoms with Gasteiger partial charge in [-0.15, -0.1) is 0 Å². The van der Waals surface area contributed by atoms with Crippen LogP contribution in [0.2, 0.25) is 5.02 Å². The van der Waals surface area contributed by atoms with Crippen molar-refractivity contribution in [1.29, 1.82) is 0 Å². The van der Waals surface area contributed by atoms with E-state index in [2.05, 4.69) is 20.5 Å². The van der Waals surface area contributed by atoms with Crippen molar-refractivity contribution in [3.05, 3.63) is 40.8 Å². The fourth-order valence-corrected chi connectivity index (χ4v) is 2.86. The number of aromatic amines is 1. The molecule has 2 aromatic rings. The van der Waals surface area contributed by atoms with Gasteiger partial charge >= 0.3 is 6.18 Å². The predicted octanol–water partition coefficient (Wildman–Crippen LogP) is 2.85. The van der Waals surface area contributed by atoms with Crippen LogP contribution in [0.5, 0.6) is 0 Å². The summed E-state index contributed by atoms with van der Waals surface area (Å²) in [4.78, 5) is 5.80. The van der Waals surface area contributed by atoms with Gasteiger partial charge in [0, 0.05) is 43.8 Å². The number of hydrogen-bond donors (Lipinski definition) is 2. The summed E-state index contributed by atoms with van der Waals surface area (Å²) in [5.74, 6) is 0.394. The van der Waals surface area contributed by atoms with Crippen molar-refractivity contribution >= 4 is 17.4 Å². The largest absolute Gasteiger partial charge is 0.417 e. The maximum atomic E-state index is 12.6. The lowest BCUT2D eigenvalue weighted by atomic mass is 10.2. The molecule has 3 heterocycles. The lowest BCUT2D eigenvalue weighted by molar-refractivity contribution is -0.137. The van der Waals surface area contributed by atoms with Gasteiger partial charge in [0.15, 0.2) is 0 Å². The van der Waals surface area contributed by atoms with Crippen LogP contribution < -0.4 is 10.2 Å². The van der Waals surface area contributed by atoms with E-state index in [1.807, 2.05) is 11.0 Å². The number of nitrogens with one attached hydrogen (secondary N) is 2. The number of anilines is 1. The van der Waals surface area contributed by atoms with Crippen molar-refractivity contribution in [2.24, 2.45) is 0 Å². The number of hydrogen-bond acceptors (Lipinski definition) is 4. The summed E-state index contributed by atoms with van der Waals surface area (Å²) in [6.45, 7) is 2.00. The van der Waals surface area contributed by atoms with Crippen LogP contribution in [-0.4, -0.2) is 34.3 Å². The molecule has 1 saturated heterocycles. The molecule has 1 atom stereocenters. The maximum absolute atomic E-state index is 12.6. The number of halogens is 4. The molecule has 23 heavy (non-hydrogen) atoms. The quantitative estimate of drug-likeness (QED) is 0.894. The lowest BCUT2D eigenvalue weighted by Gasteiger charge is -2.20. The molecule has 0 bridgehead atoms. The third-order valence-electron chi connectivity index (χ3n) is 3.78. The molecule has 2 N–H and O–H groups in total. The number of nitrogens with zero attached hydrogens (tertiary/aromatic N) is 3. The monoisotopic (exact) mass is 345 g/mol. The van der Waals surface area contributed by atoms with E-state index >= 15 is 0 Å². The van der Waals surface area contributed by atoms with Crippen LogP contribution in [0.15, 0.2) is 24.5 Å². The zero-order valence-electron chi connectivity index (χ0n) is 12.1. The lowest BCUT2D eigenvalue weighted by Crippen LogP contribution is -2.32. The molecule has 2 aromatic heterocycles. The fraction of sp³-hybridized carbons (Fsp3) is 0.429. The zero-order chi connectivity index (χ0) is 16.4. The molecular formula is C14H15ClF3N5. The Kier molecular flexibility index (Phi) is 4.45. The first-order valence-corrected chi connectivity index (χ1v) is 7.50. The van der Waals surface area contributed by atoms with Crippen LogP contribution in [0.4, 0.5) is 19.0 Å². The van der Waals surface area contributed by atoms with Gasteiger partial charge in [-0.1, -0.05) is 11.6 Å². The fourth-order valence-electron chi connectivity index (χ4n) is 2.58. The van der Waals surface area contributed by atoms with Gasteiger partial charge in [-0.25, -0.2) is 4.98 Å². The normalized spacial score (nSPS) is 18.6. The predicted molar refractivity (Wildman–Crippen MR) is 80.3 cm³/mol. The smallest absolute Gasteiger partial charge is 0.354 e. The van der Waals surface area contributed by atoms with Crippen molar-refractivity contribution in [3.8, 4) is 0 Å². The Morgan fingerprint density at radius 2 is 2.26 bits per heavy atom.